The number of nitrogens with zero attached hydrogens (tertiary/aromatic N) is 1. The van der Waals surface area contributed by atoms with Gasteiger partial charge in [0, 0.05) is 19.0 Å². The first-order valence-corrected chi connectivity index (χ1v) is 9.50. The molecule has 1 unspecified atom stereocenters. The van der Waals surface area contributed by atoms with E-state index in [0.29, 0.717) is 29.8 Å². The van der Waals surface area contributed by atoms with Crippen LogP contribution in [0.25, 0.3) is 0 Å². The molecule has 118 valence electrons. The third kappa shape index (κ3) is 3.61. The molecule has 3 nitrogen and oxygen atoms in total. The summed E-state index contributed by atoms with van der Waals surface area (Å²) in [7, 11) is -3.41. The third-order valence-corrected chi connectivity index (χ3v) is 6.70. The fraction of sp³-hybridized carbons (Fsp3) is 0.625. The molecule has 1 aromatic rings. The van der Waals surface area contributed by atoms with E-state index in [1.54, 1.807) is 10.4 Å². The van der Waals surface area contributed by atoms with Crippen molar-refractivity contribution >= 4 is 21.6 Å². The highest BCUT2D eigenvalue weighted by Crippen LogP contribution is 2.27. The Bertz CT molecular complexity index is 613. The molecule has 1 fully saturated rings. The lowest BCUT2D eigenvalue weighted by molar-refractivity contribution is 0.416. The molecule has 0 aromatic heterocycles. The Kier molecular flexibility index (Phi) is 5.33. The van der Waals surface area contributed by atoms with Gasteiger partial charge < -0.3 is 0 Å². The van der Waals surface area contributed by atoms with Gasteiger partial charge in [0.25, 0.3) is 0 Å². The summed E-state index contributed by atoms with van der Waals surface area (Å²) in [5.74, 6) is 0.939. The third-order valence-electron chi connectivity index (χ3n) is 4.37. The van der Waals surface area contributed by atoms with Crippen molar-refractivity contribution in [2.75, 3.05) is 13.1 Å². The van der Waals surface area contributed by atoms with E-state index in [0.717, 1.165) is 36.0 Å². The average molecular weight is 330 g/mol. The molecule has 0 radical (unpaired) electrons. The summed E-state index contributed by atoms with van der Waals surface area (Å²) in [5.41, 5.74) is 2.74. The van der Waals surface area contributed by atoms with Crippen LogP contribution in [0.5, 0.6) is 0 Å². The van der Waals surface area contributed by atoms with Crippen LogP contribution in [0.15, 0.2) is 17.0 Å². The minimum Gasteiger partial charge on any atom is -0.207 e. The van der Waals surface area contributed by atoms with Crippen molar-refractivity contribution in [1.82, 2.24) is 4.31 Å². The number of alkyl halides is 1. The maximum Gasteiger partial charge on any atom is 0.243 e. The molecule has 2 rings (SSSR count). The zero-order valence-corrected chi connectivity index (χ0v) is 14.6. The van der Waals surface area contributed by atoms with Crippen LogP contribution >= 0.6 is 11.6 Å². The molecule has 0 bridgehead atoms. The topological polar surface area (TPSA) is 37.4 Å². The summed E-state index contributed by atoms with van der Waals surface area (Å²) in [5, 5.41) is 0. The van der Waals surface area contributed by atoms with Crippen molar-refractivity contribution in [3.05, 3.63) is 28.8 Å². The Morgan fingerprint density at radius 2 is 1.90 bits per heavy atom. The van der Waals surface area contributed by atoms with E-state index in [4.69, 9.17) is 11.6 Å². The predicted octanol–water partition coefficient (Wildman–Crippen LogP) is 3.85. The Morgan fingerprint density at radius 3 is 2.57 bits per heavy atom. The second-order valence-electron chi connectivity index (χ2n) is 6.12. The summed E-state index contributed by atoms with van der Waals surface area (Å²) in [4.78, 5) is 0.415. The molecule has 1 aliphatic heterocycles. The SMILES string of the molecule is Cc1cc(C)c(S(=O)(=O)N2CCCC(C)CC2)cc1CCl. The van der Waals surface area contributed by atoms with E-state index < -0.39 is 10.0 Å². The normalized spacial score (nSPS) is 21.2. The van der Waals surface area contributed by atoms with Gasteiger partial charge in [0.2, 0.25) is 10.0 Å². The van der Waals surface area contributed by atoms with E-state index in [-0.39, 0.29) is 0 Å². The van der Waals surface area contributed by atoms with Crippen molar-refractivity contribution in [3.63, 3.8) is 0 Å². The van der Waals surface area contributed by atoms with Gasteiger partial charge in [-0.3, -0.25) is 0 Å². The van der Waals surface area contributed by atoms with Crippen molar-refractivity contribution in [1.29, 1.82) is 0 Å². The highest BCUT2D eigenvalue weighted by molar-refractivity contribution is 7.89. The first-order valence-electron chi connectivity index (χ1n) is 7.52. The van der Waals surface area contributed by atoms with Gasteiger partial charge in [0.15, 0.2) is 0 Å². The summed E-state index contributed by atoms with van der Waals surface area (Å²) >= 11 is 5.93. The number of halogens is 1. The highest BCUT2D eigenvalue weighted by atomic mass is 35.5. The molecule has 5 heteroatoms. The number of benzene rings is 1. The fourth-order valence-corrected chi connectivity index (χ4v) is 4.95. The molecule has 1 heterocycles. The number of hydrogen-bond acceptors (Lipinski definition) is 2. The number of sulfonamides is 1. The van der Waals surface area contributed by atoms with Gasteiger partial charge >= 0.3 is 0 Å². The molecule has 0 amide bonds. The first-order chi connectivity index (χ1) is 9.86. The van der Waals surface area contributed by atoms with Gasteiger partial charge in [0.1, 0.15) is 0 Å². The Hall–Kier alpha value is -0.580. The average Bonchev–Trinajstić information content (AvgIpc) is 2.63. The monoisotopic (exact) mass is 329 g/mol. The van der Waals surface area contributed by atoms with E-state index in [9.17, 15) is 8.42 Å². The largest absolute Gasteiger partial charge is 0.243 e. The number of rotatable bonds is 3. The minimum atomic E-state index is -3.41. The molecular weight excluding hydrogens is 306 g/mol. The number of hydrogen-bond donors (Lipinski definition) is 0. The second-order valence-corrected chi connectivity index (χ2v) is 8.29. The quantitative estimate of drug-likeness (QED) is 0.790. The van der Waals surface area contributed by atoms with Crippen LogP contribution in [0.2, 0.25) is 0 Å². The van der Waals surface area contributed by atoms with Crippen LogP contribution < -0.4 is 0 Å². The van der Waals surface area contributed by atoms with Crippen molar-refractivity contribution in [2.45, 2.75) is 50.8 Å². The molecular formula is C16H24ClNO2S. The second kappa shape index (κ2) is 6.67. The molecule has 1 atom stereocenters. The van der Waals surface area contributed by atoms with E-state index >= 15 is 0 Å². The fourth-order valence-electron chi connectivity index (χ4n) is 2.91. The first kappa shape index (κ1) is 16.8. The molecule has 0 spiro atoms. The van der Waals surface area contributed by atoms with Crippen molar-refractivity contribution in [2.24, 2.45) is 5.92 Å². The molecule has 1 saturated heterocycles. The van der Waals surface area contributed by atoms with Gasteiger partial charge in [-0.15, -0.1) is 11.6 Å². The molecule has 1 aliphatic rings. The summed E-state index contributed by atoms with van der Waals surface area (Å²) in [6.07, 6.45) is 2.98. The van der Waals surface area contributed by atoms with Crippen LogP contribution in [0.4, 0.5) is 0 Å². The molecule has 0 saturated carbocycles. The molecule has 21 heavy (non-hydrogen) atoms. The summed E-state index contributed by atoms with van der Waals surface area (Å²) < 4.78 is 27.5. The van der Waals surface area contributed by atoms with E-state index in [1.165, 1.54) is 0 Å². The van der Waals surface area contributed by atoms with Crippen LogP contribution in [0.3, 0.4) is 0 Å². The van der Waals surface area contributed by atoms with Gasteiger partial charge in [-0.2, -0.15) is 4.31 Å². The van der Waals surface area contributed by atoms with Crippen LogP contribution in [-0.2, 0) is 15.9 Å². The Balaban J connectivity index is 2.39. The Morgan fingerprint density at radius 1 is 1.19 bits per heavy atom. The zero-order chi connectivity index (χ0) is 15.6. The number of aryl methyl sites for hydroxylation is 2. The van der Waals surface area contributed by atoms with Crippen LogP contribution in [0, 0.1) is 19.8 Å². The lowest BCUT2D eigenvalue weighted by Crippen LogP contribution is -2.32. The maximum absolute atomic E-state index is 12.9. The highest BCUT2D eigenvalue weighted by Gasteiger charge is 2.28. The molecule has 0 aliphatic carbocycles. The van der Waals surface area contributed by atoms with Crippen molar-refractivity contribution < 1.29 is 8.42 Å². The van der Waals surface area contributed by atoms with Gasteiger partial charge in [-0.1, -0.05) is 13.0 Å². The van der Waals surface area contributed by atoms with E-state index in [2.05, 4.69) is 6.92 Å². The lowest BCUT2D eigenvalue weighted by Gasteiger charge is -2.22. The molecule has 0 N–H and O–H groups in total. The zero-order valence-electron chi connectivity index (χ0n) is 13.0. The molecule has 1 aromatic carbocycles. The Labute approximate surface area is 133 Å². The predicted molar refractivity (Wildman–Crippen MR) is 87.2 cm³/mol. The lowest BCUT2D eigenvalue weighted by atomic mass is 10.0. The van der Waals surface area contributed by atoms with Crippen LogP contribution in [-0.4, -0.2) is 25.8 Å². The summed E-state index contributed by atoms with van der Waals surface area (Å²) in [6, 6.07) is 3.67. The standard InChI is InChI=1S/C16H24ClNO2S/c1-12-5-4-7-18(8-6-12)21(19,20)16-10-15(11-17)13(2)9-14(16)3/h9-10,12H,4-8,11H2,1-3H3. The van der Waals surface area contributed by atoms with Gasteiger partial charge in [-0.05, 0) is 61.8 Å². The van der Waals surface area contributed by atoms with E-state index in [1.807, 2.05) is 19.9 Å². The minimum absolute atomic E-state index is 0.339. The smallest absolute Gasteiger partial charge is 0.207 e. The van der Waals surface area contributed by atoms with Crippen LogP contribution in [0.1, 0.15) is 42.9 Å². The maximum atomic E-state index is 12.9. The van der Waals surface area contributed by atoms with Gasteiger partial charge in [-0.25, -0.2) is 8.42 Å². The van der Waals surface area contributed by atoms with Crippen molar-refractivity contribution in [3.8, 4) is 0 Å². The van der Waals surface area contributed by atoms with Gasteiger partial charge in [0.05, 0.1) is 4.90 Å². The summed E-state index contributed by atoms with van der Waals surface area (Å²) in [6.45, 7) is 7.26.